The fourth-order valence-corrected chi connectivity index (χ4v) is 2.76. The molecule has 0 bridgehead atoms. The molecule has 0 aromatic heterocycles. The summed E-state index contributed by atoms with van der Waals surface area (Å²) in [4.78, 5) is 28.8. The van der Waals surface area contributed by atoms with Gasteiger partial charge in [-0.15, -0.1) is 0 Å². The maximum absolute atomic E-state index is 12.1. The van der Waals surface area contributed by atoms with Gasteiger partial charge in [0.25, 0.3) is 5.90 Å². The van der Waals surface area contributed by atoms with Crippen molar-refractivity contribution >= 4 is 23.6 Å². The van der Waals surface area contributed by atoms with E-state index in [-0.39, 0.29) is 18.2 Å². The van der Waals surface area contributed by atoms with Gasteiger partial charge in [0, 0.05) is 12.1 Å². The highest BCUT2D eigenvalue weighted by Crippen LogP contribution is 2.18. The Balaban J connectivity index is 2.06. The Morgan fingerprint density at radius 2 is 1.90 bits per heavy atom. The van der Waals surface area contributed by atoms with Crippen LogP contribution in [0.5, 0.6) is 0 Å². The molecule has 29 heavy (non-hydrogen) atoms. The van der Waals surface area contributed by atoms with Gasteiger partial charge in [-0.3, -0.25) is 14.9 Å². The molecular weight excluding hydrogens is 382 g/mol. The van der Waals surface area contributed by atoms with Crippen molar-refractivity contribution in [2.45, 2.75) is 57.0 Å². The molecule has 0 unspecified atom stereocenters. The number of ether oxygens (including phenoxy) is 1. The molecule has 1 aromatic carbocycles. The number of unbranched alkanes of at least 4 members (excludes halogenated alkanes) is 2. The zero-order valence-corrected chi connectivity index (χ0v) is 16.2. The molecule has 1 aliphatic rings. The van der Waals surface area contributed by atoms with Crippen LogP contribution in [-0.2, 0) is 14.4 Å². The second kappa shape index (κ2) is 11.3. The molecule has 1 aliphatic heterocycles. The molecule has 1 fully saturated rings. The van der Waals surface area contributed by atoms with E-state index in [1.807, 2.05) is 6.92 Å². The smallest absolute Gasteiger partial charge is 0.437 e. The van der Waals surface area contributed by atoms with Crippen molar-refractivity contribution in [1.29, 1.82) is 0 Å². The van der Waals surface area contributed by atoms with Crippen LogP contribution in [-0.4, -0.2) is 64.2 Å². The van der Waals surface area contributed by atoms with Crippen LogP contribution in [0.1, 0.15) is 32.6 Å². The first-order chi connectivity index (χ1) is 14.0. The maximum Gasteiger partial charge on any atom is 0.437 e. The van der Waals surface area contributed by atoms with Gasteiger partial charge in [-0.25, -0.2) is 4.79 Å². The van der Waals surface area contributed by atoms with Gasteiger partial charge in [-0.2, -0.15) is 0 Å². The van der Waals surface area contributed by atoms with Gasteiger partial charge in [0.2, 0.25) is 5.91 Å². The Labute approximate surface area is 168 Å². The number of hydrogen-bond donors (Lipinski definition) is 5. The molecule has 10 heteroatoms. The van der Waals surface area contributed by atoms with Gasteiger partial charge < -0.3 is 25.4 Å². The molecule has 0 spiro atoms. The molecule has 1 aromatic rings. The molecular formula is C19H27N3O7. The second-order valence-electron chi connectivity index (χ2n) is 6.62. The highest BCUT2D eigenvalue weighted by atomic mass is 16.7. The maximum atomic E-state index is 12.1. The van der Waals surface area contributed by atoms with Crippen molar-refractivity contribution in [3.63, 3.8) is 0 Å². The first-order valence-electron chi connectivity index (χ1n) is 9.50. The molecule has 5 N–H and O–H groups in total. The van der Waals surface area contributed by atoms with E-state index < -0.39 is 37.1 Å². The summed E-state index contributed by atoms with van der Waals surface area (Å²) in [7, 11) is 0. The lowest BCUT2D eigenvalue weighted by atomic mass is 9.97. The van der Waals surface area contributed by atoms with Gasteiger partial charge in [-0.05, 0) is 23.7 Å². The van der Waals surface area contributed by atoms with Crippen molar-refractivity contribution in [2.75, 3.05) is 11.9 Å². The lowest BCUT2D eigenvalue weighted by molar-refractivity contribution is -0.128. The van der Waals surface area contributed by atoms with E-state index in [9.17, 15) is 24.9 Å². The van der Waals surface area contributed by atoms with Crippen molar-refractivity contribution in [3.8, 4) is 0 Å². The number of carbonyl (C=O) groups excluding carboxylic acids is 2. The van der Waals surface area contributed by atoms with Crippen molar-refractivity contribution in [2.24, 2.45) is 5.16 Å². The van der Waals surface area contributed by atoms with Crippen LogP contribution in [0.4, 0.5) is 10.5 Å². The number of amides is 2. The fourth-order valence-electron chi connectivity index (χ4n) is 2.76. The van der Waals surface area contributed by atoms with Gasteiger partial charge in [0.05, 0.1) is 6.61 Å². The summed E-state index contributed by atoms with van der Waals surface area (Å²) in [5.74, 6) is -0.698. The van der Waals surface area contributed by atoms with Crippen LogP contribution in [0.25, 0.3) is 0 Å². The molecule has 10 nitrogen and oxygen atoms in total. The first kappa shape index (κ1) is 22.6. The minimum Gasteiger partial charge on any atom is -0.468 e. The first-order valence-corrected chi connectivity index (χ1v) is 9.50. The summed E-state index contributed by atoms with van der Waals surface area (Å²) < 4.78 is 5.33. The van der Waals surface area contributed by atoms with Crippen LogP contribution < -0.4 is 10.6 Å². The van der Waals surface area contributed by atoms with Crippen LogP contribution in [0, 0.1) is 0 Å². The third-order valence-electron chi connectivity index (χ3n) is 4.35. The monoisotopic (exact) mass is 409 g/mol. The minimum atomic E-state index is -1.50. The summed E-state index contributed by atoms with van der Waals surface area (Å²) in [5, 5.41) is 38.3. The number of para-hydroxylation sites is 1. The zero-order chi connectivity index (χ0) is 21.2. The van der Waals surface area contributed by atoms with Gasteiger partial charge in [0.15, 0.2) is 6.10 Å². The number of nitrogens with zero attached hydrogens (tertiary/aromatic N) is 1. The highest BCUT2D eigenvalue weighted by Gasteiger charge is 2.44. The number of carbonyl (C=O) groups is 2. The quantitative estimate of drug-likeness (QED) is 0.241. The van der Waals surface area contributed by atoms with Crippen LogP contribution >= 0.6 is 0 Å². The van der Waals surface area contributed by atoms with Crippen molar-refractivity contribution < 1.29 is 34.5 Å². The Hall–Kier alpha value is -2.69. The normalized spacial score (nSPS) is 25.2. The molecule has 2 amide bonds. The van der Waals surface area contributed by atoms with E-state index in [4.69, 9.17) is 9.57 Å². The topological polar surface area (TPSA) is 150 Å². The Bertz CT molecular complexity index is 698. The molecule has 160 valence electrons. The number of nitrogens with one attached hydrogen (secondary N) is 2. The number of aliphatic hydroxyl groups excluding tert-OH is 3. The zero-order valence-electron chi connectivity index (χ0n) is 16.2. The van der Waals surface area contributed by atoms with E-state index in [0.29, 0.717) is 12.1 Å². The Morgan fingerprint density at radius 3 is 2.55 bits per heavy atom. The number of rotatable bonds is 8. The number of anilines is 1. The van der Waals surface area contributed by atoms with Gasteiger partial charge in [-0.1, -0.05) is 38.0 Å². The number of hydrogen-bond acceptors (Lipinski definition) is 8. The second-order valence-corrected chi connectivity index (χ2v) is 6.62. The predicted molar refractivity (Wildman–Crippen MR) is 104 cm³/mol. The van der Waals surface area contributed by atoms with Gasteiger partial charge in [0.1, 0.15) is 18.2 Å². The van der Waals surface area contributed by atoms with Crippen LogP contribution in [0.15, 0.2) is 35.5 Å². The molecule has 4 atom stereocenters. The van der Waals surface area contributed by atoms with Crippen LogP contribution in [0.3, 0.4) is 0 Å². The summed E-state index contributed by atoms with van der Waals surface area (Å²) >= 11 is 0. The number of benzene rings is 1. The van der Waals surface area contributed by atoms with Gasteiger partial charge >= 0.3 is 6.09 Å². The average Bonchev–Trinajstić information content (AvgIpc) is 2.72. The summed E-state index contributed by atoms with van der Waals surface area (Å²) in [5.41, 5.74) is 0.478. The third kappa shape index (κ3) is 6.70. The highest BCUT2D eigenvalue weighted by molar-refractivity contribution is 5.90. The standard InChI is InChI=1S/C19H27N3O7/c1-2-3-5-10-14(24)21-15-17(26)16(25)13(11-23)28-18(15)22-29-19(27)20-12-8-6-4-7-9-12/h4,6-9,13,15-17,23,25-26H,2-3,5,10-11H2,1H3,(H,20,27)(H,21,24)/b22-18+/t13-,15-,16-,17-/m1/s1. The lowest BCUT2D eigenvalue weighted by Gasteiger charge is -2.37. The van der Waals surface area contributed by atoms with E-state index in [2.05, 4.69) is 15.8 Å². The van der Waals surface area contributed by atoms with E-state index in [1.165, 1.54) is 0 Å². The number of aliphatic hydroxyl groups is 3. The predicted octanol–water partition coefficient (Wildman–Crippen LogP) is 0.727. The SMILES string of the molecule is CCCCCC(=O)N[C@H]1/C(=N\OC(=O)Nc2ccccc2)O[C@H](CO)[C@@H](O)[C@@H]1O. The molecule has 1 heterocycles. The molecule has 1 saturated heterocycles. The molecule has 2 rings (SSSR count). The Morgan fingerprint density at radius 1 is 1.17 bits per heavy atom. The molecule has 0 aliphatic carbocycles. The third-order valence-corrected chi connectivity index (χ3v) is 4.35. The lowest BCUT2D eigenvalue weighted by Crippen LogP contribution is -2.62. The van der Waals surface area contributed by atoms with E-state index in [0.717, 1.165) is 12.8 Å². The van der Waals surface area contributed by atoms with E-state index >= 15 is 0 Å². The summed E-state index contributed by atoms with van der Waals surface area (Å²) in [6.07, 6.45) is -2.37. The van der Waals surface area contributed by atoms with Crippen molar-refractivity contribution in [3.05, 3.63) is 30.3 Å². The molecule has 0 saturated carbocycles. The Kier molecular flexibility index (Phi) is 8.84. The summed E-state index contributed by atoms with van der Waals surface area (Å²) in [6, 6.07) is 7.28. The number of oxime groups is 1. The molecule has 0 radical (unpaired) electrons. The fraction of sp³-hybridized carbons (Fsp3) is 0.526. The van der Waals surface area contributed by atoms with Crippen LogP contribution in [0.2, 0.25) is 0 Å². The minimum absolute atomic E-state index is 0.221. The van der Waals surface area contributed by atoms with E-state index in [1.54, 1.807) is 30.3 Å². The van der Waals surface area contributed by atoms with Crippen molar-refractivity contribution in [1.82, 2.24) is 5.32 Å². The largest absolute Gasteiger partial charge is 0.468 e. The summed E-state index contributed by atoms with van der Waals surface area (Å²) in [6.45, 7) is 1.40. The average molecular weight is 409 g/mol.